The summed E-state index contributed by atoms with van der Waals surface area (Å²) in [6.07, 6.45) is 6.56. The number of hydrogen-bond acceptors (Lipinski definition) is 5. The smallest absolute Gasteiger partial charge is 0.199 e. The van der Waals surface area contributed by atoms with Crippen LogP contribution in [0.5, 0.6) is 11.5 Å². The quantitative estimate of drug-likeness (QED) is 0.501. The molecule has 144 valence electrons. The normalized spacial score (nSPS) is 11.7. The highest BCUT2D eigenvalue weighted by Gasteiger charge is 2.11. The van der Waals surface area contributed by atoms with Gasteiger partial charge in [-0.2, -0.15) is 0 Å². The monoisotopic (exact) mass is 371 g/mol. The van der Waals surface area contributed by atoms with Crippen molar-refractivity contribution in [3.63, 3.8) is 0 Å². The maximum absolute atomic E-state index is 13.4. The van der Waals surface area contributed by atoms with E-state index in [0.29, 0.717) is 23.8 Å². The van der Waals surface area contributed by atoms with E-state index in [1.165, 1.54) is 19.2 Å². The second kappa shape index (κ2) is 10.3. The molecule has 0 aliphatic rings. The van der Waals surface area contributed by atoms with Crippen molar-refractivity contribution in [2.75, 3.05) is 25.6 Å². The van der Waals surface area contributed by atoms with Crippen molar-refractivity contribution < 1.29 is 13.9 Å². The zero-order valence-corrected chi connectivity index (χ0v) is 16.3. The average Bonchev–Trinajstić information content (AvgIpc) is 2.68. The van der Waals surface area contributed by atoms with E-state index < -0.39 is 0 Å². The Morgan fingerprint density at radius 2 is 2.11 bits per heavy atom. The van der Waals surface area contributed by atoms with Crippen LogP contribution in [0.25, 0.3) is 0 Å². The molecule has 0 aliphatic heterocycles. The lowest BCUT2D eigenvalue weighted by molar-refractivity contribution is 0.406. The fourth-order valence-corrected chi connectivity index (χ4v) is 2.54. The summed E-state index contributed by atoms with van der Waals surface area (Å²) in [6, 6.07) is 8.19. The van der Waals surface area contributed by atoms with E-state index in [-0.39, 0.29) is 5.82 Å². The van der Waals surface area contributed by atoms with Gasteiger partial charge in [-0.05, 0) is 31.5 Å². The molecule has 0 bridgehead atoms. The molecule has 5 nitrogen and oxygen atoms in total. The summed E-state index contributed by atoms with van der Waals surface area (Å²) < 4.78 is 24.6. The first-order valence-corrected chi connectivity index (χ1v) is 8.92. The van der Waals surface area contributed by atoms with Gasteiger partial charge in [0.1, 0.15) is 23.1 Å². The largest absolute Gasteiger partial charge is 0.496 e. The van der Waals surface area contributed by atoms with Crippen molar-refractivity contribution in [3.05, 3.63) is 60.2 Å². The molecule has 2 rings (SSSR count). The predicted molar refractivity (Wildman–Crippen MR) is 107 cm³/mol. The Balaban J connectivity index is 2.18. The number of allylic oxidation sites excluding steroid dienone is 1. The van der Waals surface area contributed by atoms with E-state index in [4.69, 9.17) is 9.47 Å². The molecular weight excluding hydrogens is 345 g/mol. The van der Waals surface area contributed by atoms with E-state index in [1.807, 2.05) is 32.2 Å². The maximum atomic E-state index is 13.4. The van der Waals surface area contributed by atoms with Crippen molar-refractivity contribution in [2.24, 2.45) is 4.99 Å². The summed E-state index contributed by atoms with van der Waals surface area (Å²) in [7, 11) is 3.52. The van der Waals surface area contributed by atoms with Crippen LogP contribution in [0.1, 0.15) is 25.8 Å². The topological polar surface area (TPSA) is 47.0 Å². The number of nitrogens with zero attached hydrogens (tertiary/aromatic N) is 3. The van der Waals surface area contributed by atoms with E-state index in [1.54, 1.807) is 18.5 Å². The van der Waals surface area contributed by atoms with Crippen molar-refractivity contribution >= 4 is 11.7 Å². The Morgan fingerprint density at radius 3 is 2.74 bits per heavy atom. The molecule has 1 aromatic carbocycles. The van der Waals surface area contributed by atoms with Gasteiger partial charge in [-0.1, -0.05) is 19.1 Å². The highest BCUT2D eigenvalue weighted by atomic mass is 19.1. The van der Waals surface area contributed by atoms with Crippen LogP contribution in [-0.2, 0) is 6.42 Å². The molecule has 1 aromatic heterocycles. The van der Waals surface area contributed by atoms with Crippen LogP contribution < -0.4 is 14.4 Å². The molecule has 0 saturated heterocycles. The molecule has 0 fully saturated rings. The molecular formula is C21H26FN3O2. The summed E-state index contributed by atoms with van der Waals surface area (Å²) >= 11 is 0. The minimum atomic E-state index is -0.348. The Hall–Kier alpha value is -2.89. The lowest BCUT2D eigenvalue weighted by Crippen LogP contribution is -2.19. The SMILES string of the molecule is C/C=C\N=C(Cc1ccc(F)cc1OC)Oc1ccc(N(C)CCC)nc1. The van der Waals surface area contributed by atoms with Crippen molar-refractivity contribution in [1.29, 1.82) is 0 Å². The molecule has 0 N–H and O–H groups in total. The Morgan fingerprint density at radius 1 is 1.30 bits per heavy atom. The summed E-state index contributed by atoms with van der Waals surface area (Å²) in [5.41, 5.74) is 0.786. The molecule has 0 atom stereocenters. The molecule has 0 spiro atoms. The van der Waals surface area contributed by atoms with Gasteiger partial charge in [-0.15, -0.1) is 0 Å². The molecule has 27 heavy (non-hydrogen) atoms. The molecule has 6 heteroatoms. The molecule has 0 unspecified atom stereocenters. The number of pyridine rings is 1. The van der Waals surface area contributed by atoms with Gasteiger partial charge in [0.05, 0.1) is 19.7 Å². The molecule has 0 radical (unpaired) electrons. The minimum Gasteiger partial charge on any atom is -0.496 e. The van der Waals surface area contributed by atoms with E-state index >= 15 is 0 Å². The first-order valence-electron chi connectivity index (χ1n) is 8.92. The summed E-state index contributed by atoms with van der Waals surface area (Å²) in [5.74, 6) is 2.06. The Bertz CT molecular complexity index is 789. The predicted octanol–water partition coefficient (Wildman–Crippen LogP) is 4.63. The molecule has 2 aromatic rings. The number of aromatic nitrogens is 1. The van der Waals surface area contributed by atoms with Crippen molar-refractivity contribution in [2.45, 2.75) is 26.7 Å². The Kier molecular flexibility index (Phi) is 7.79. The molecule has 0 amide bonds. The van der Waals surface area contributed by atoms with Crippen LogP contribution >= 0.6 is 0 Å². The standard InChI is InChI=1S/C21H26FN3O2/c1-5-11-23-21(13-16-7-8-17(22)14-19(16)26-4)27-18-9-10-20(24-15-18)25(3)12-6-2/h5,7-11,14-15H,6,12-13H2,1-4H3/b11-5-,23-21?. The molecule has 1 heterocycles. The van der Waals surface area contributed by atoms with Crippen molar-refractivity contribution in [3.8, 4) is 11.5 Å². The van der Waals surface area contributed by atoms with Gasteiger partial charge in [0.2, 0.25) is 0 Å². The third-order valence-electron chi connectivity index (χ3n) is 3.86. The highest BCUT2D eigenvalue weighted by molar-refractivity contribution is 5.82. The lowest BCUT2D eigenvalue weighted by atomic mass is 10.1. The third-order valence-corrected chi connectivity index (χ3v) is 3.86. The number of rotatable bonds is 8. The second-order valence-electron chi connectivity index (χ2n) is 6.01. The van der Waals surface area contributed by atoms with Gasteiger partial charge in [-0.25, -0.2) is 14.4 Å². The van der Waals surface area contributed by atoms with Gasteiger partial charge < -0.3 is 14.4 Å². The van der Waals surface area contributed by atoms with Gasteiger partial charge >= 0.3 is 0 Å². The molecule has 0 aliphatic carbocycles. The van der Waals surface area contributed by atoms with E-state index in [0.717, 1.165) is 24.3 Å². The van der Waals surface area contributed by atoms with Gasteiger partial charge in [0.15, 0.2) is 5.90 Å². The molecule has 0 saturated carbocycles. The number of methoxy groups -OCH3 is 1. The number of halogens is 1. The van der Waals surface area contributed by atoms with Gasteiger partial charge in [-0.3, -0.25) is 0 Å². The van der Waals surface area contributed by atoms with Crippen LogP contribution in [0.4, 0.5) is 10.2 Å². The van der Waals surface area contributed by atoms with Gasteiger partial charge in [0, 0.05) is 31.4 Å². The summed E-state index contributed by atoms with van der Waals surface area (Å²) in [4.78, 5) is 10.9. The fraction of sp³-hybridized carbons (Fsp3) is 0.333. The van der Waals surface area contributed by atoms with Crippen LogP contribution in [0.3, 0.4) is 0 Å². The number of ether oxygens (including phenoxy) is 2. The van der Waals surface area contributed by atoms with E-state index in [2.05, 4.69) is 21.8 Å². The first-order chi connectivity index (χ1) is 13.1. The number of benzene rings is 1. The van der Waals surface area contributed by atoms with Gasteiger partial charge in [0.25, 0.3) is 0 Å². The summed E-state index contributed by atoms with van der Waals surface area (Å²) in [6.45, 7) is 4.94. The highest BCUT2D eigenvalue weighted by Crippen LogP contribution is 2.22. The zero-order valence-electron chi connectivity index (χ0n) is 16.3. The number of aliphatic imine (C=N–C) groups is 1. The van der Waals surface area contributed by atoms with Crippen LogP contribution in [-0.4, -0.2) is 31.6 Å². The second-order valence-corrected chi connectivity index (χ2v) is 6.01. The number of anilines is 1. The third kappa shape index (κ3) is 6.09. The lowest BCUT2D eigenvalue weighted by Gasteiger charge is -2.17. The first kappa shape index (κ1) is 20.4. The van der Waals surface area contributed by atoms with Crippen LogP contribution in [0.15, 0.2) is 53.8 Å². The average molecular weight is 371 g/mol. The minimum absolute atomic E-state index is 0.348. The zero-order chi connectivity index (χ0) is 19.6. The van der Waals surface area contributed by atoms with Crippen LogP contribution in [0.2, 0.25) is 0 Å². The van der Waals surface area contributed by atoms with Crippen molar-refractivity contribution in [1.82, 2.24) is 4.98 Å². The Labute approximate surface area is 160 Å². The summed E-state index contributed by atoms with van der Waals surface area (Å²) in [5, 5.41) is 0. The number of hydrogen-bond donors (Lipinski definition) is 0. The fourth-order valence-electron chi connectivity index (χ4n) is 2.54. The van der Waals surface area contributed by atoms with Crippen LogP contribution in [0, 0.1) is 5.82 Å². The van der Waals surface area contributed by atoms with E-state index in [9.17, 15) is 4.39 Å². The maximum Gasteiger partial charge on any atom is 0.199 e.